The number of amidine groups is 1. The van der Waals surface area contributed by atoms with Crippen molar-refractivity contribution in [1.29, 1.82) is 5.41 Å². The van der Waals surface area contributed by atoms with E-state index in [9.17, 15) is 3.89 Å². The Balaban J connectivity index is 0.000000494. The van der Waals surface area contributed by atoms with E-state index in [0.717, 1.165) is 0 Å². The molecule has 0 bridgehead atoms. The largest absolute Gasteiger partial charge is 0.497 e. The summed E-state index contributed by atoms with van der Waals surface area (Å²) in [7, 11) is -2.07. The summed E-state index contributed by atoms with van der Waals surface area (Å²) in [4.78, 5) is 0. The molecule has 0 atom stereocenters. The van der Waals surface area contributed by atoms with E-state index >= 15 is 0 Å². The van der Waals surface area contributed by atoms with Crippen molar-refractivity contribution in [1.82, 2.24) is 0 Å². The highest BCUT2D eigenvalue weighted by Crippen LogP contribution is 2.23. The number of methoxy groups -OCH3 is 2. The first kappa shape index (κ1) is 16.1. The van der Waals surface area contributed by atoms with Gasteiger partial charge in [0, 0.05) is 6.07 Å². The van der Waals surface area contributed by atoms with Crippen LogP contribution in [0.25, 0.3) is 0 Å². The normalized spacial score (nSPS) is 10.0. The maximum absolute atomic E-state index is 10.2. The van der Waals surface area contributed by atoms with Gasteiger partial charge in [-0.3, -0.25) is 9.96 Å². The molecule has 0 aliphatic carbocycles. The van der Waals surface area contributed by atoms with E-state index in [0.29, 0.717) is 17.1 Å². The Kier molecular flexibility index (Phi) is 6.06. The lowest BCUT2D eigenvalue weighted by molar-refractivity contribution is 0.394. The van der Waals surface area contributed by atoms with Crippen molar-refractivity contribution in [3.05, 3.63) is 23.8 Å². The van der Waals surface area contributed by atoms with E-state index in [-0.39, 0.29) is 5.84 Å². The second-order valence-electron chi connectivity index (χ2n) is 2.89. The van der Waals surface area contributed by atoms with E-state index < -0.39 is 10.5 Å². The molecule has 0 unspecified atom stereocenters. The summed E-state index contributed by atoms with van der Waals surface area (Å²) in [5.74, 6) is 1.22. The number of ether oxygens (including phenoxy) is 2. The van der Waals surface area contributed by atoms with Gasteiger partial charge in [0.05, 0.1) is 19.8 Å². The lowest BCUT2D eigenvalue weighted by Gasteiger charge is -2.08. The number of halogens is 1. The van der Waals surface area contributed by atoms with E-state index in [1.54, 1.807) is 25.3 Å². The van der Waals surface area contributed by atoms with Crippen LogP contribution >= 0.6 is 0 Å². The highest BCUT2D eigenvalue weighted by molar-refractivity contribution is 7.80. The molecule has 0 radical (unpaired) electrons. The van der Waals surface area contributed by atoms with Gasteiger partial charge in [-0.1, -0.05) is 3.89 Å². The molecule has 102 valence electrons. The maximum Gasteiger partial charge on any atom is 0.435 e. The molecule has 0 heterocycles. The van der Waals surface area contributed by atoms with Gasteiger partial charge < -0.3 is 15.2 Å². The average Bonchev–Trinajstić information content (AvgIpc) is 2.25. The monoisotopic (exact) mass is 280 g/mol. The number of benzene rings is 1. The highest BCUT2D eigenvalue weighted by atomic mass is 32.3. The first-order chi connectivity index (χ1) is 8.19. The van der Waals surface area contributed by atoms with Gasteiger partial charge in [0.1, 0.15) is 17.3 Å². The van der Waals surface area contributed by atoms with Crippen molar-refractivity contribution in [3.8, 4) is 11.5 Å². The molecule has 18 heavy (non-hydrogen) atoms. The number of nitrogens with two attached hydrogens (primary N) is 1. The van der Waals surface area contributed by atoms with Crippen LogP contribution in [0.4, 0.5) is 3.89 Å². The van der Waals surface area contributed by atoms with Gasteiger partial charge in [-0.25, -0.2) is 0 Å². The number of hydrogen-bond donors (Lipinski definition) is 3. The van der Waals surface area contributed by atoms with Crippen LogP contribution < -0.4 is 15.2 Å². The third-order valence-corrected chi connectivity index (χ3v) is 1.70. The standard InChI is InChI=1S/C9H12N2O2.FHO3S/c1-12-6-3-4-7(9(10)11)8(5-6)13-2;1-5(2,3)4/h3-5H,1-2H3,(H3,10,11);(H,2,3,4). The van der Waals surface area contributed by atoms with Crippen LogP contribution in [-0.4, -0.2) is 33.0 Å². The van der Waals surface area contributed by atoms with Crippen molar-refractivity contribution in [2.75, 3.05) is 14.2 Å². The maximum atomic E-state index is 10.2. The third kappa shape index (κ3) is 6.66. The van der Waals surface area contributed by atoms with Crippen LogP contribution in [-0.2, 0) is 10.5 Å². The summed E-state index contributed by atoms with van der Waals surface area (Å²) in [6, 6.07) is 5.12. The minimum absolute atomic E-state index is 0.0143. The summed E-state index contributed by atoms with van der Waals surface area (Å²) in [6.07, 6.45) is 0. The molecule has 1 rings (SSSR count). The Hall–Kier alpha value is -1.87. The van der Waals surface area contributed by atoms with Gasteiger partial charge in [-0.2, -0.15) is 8.42 Å². The molecule has 0 aromatic heterocycles. The molecule has 0 spiro atoms. The van der Waals surface area contributed by atoms with Crippen molar-refractivity contribution >= 4 is 16.3 Å². The predicted molar refractivity (Wildman–Crippen MR) is 63.2 cm³/mol. The Morgan fingerprint density at radius 3 is 2.22 bits per heavy atom. The van der Waals surface area contributed by atoms with Crippen LogP contribution in [0.1, 0.15) is 5.56 Å². The van der Waals surface area contributed by atoms with Gasteiger partial charge in [0.25, 0.3) is 0 Å². The van der Waals surface area contributed by atoms with Crippen molar-refractivity contribution < 1.29 is 26.3 Å². The molecular weight excluding hydrogens is 267 g/mol. The van der Waals surface area contributed by atoms with Gasteiger partial charge in [-0.15, -0.1) is 0 Å². The topological polar surface area (TPSA) is 123 Å². The Morgan fingerprint density at radius 2 is 1.89 bits per heavy atom. The van der Waals surface area contributed by atoms with E-state index in [4.69, 9.17) is 33.6 Å². The van der Waals surface area contributed by atoms with Gasteiger partial charge in [0.2, 0.25) is 0 Å². The van der Waals surface area contributed by atoms with Crippen molar-refractivity contribution in [3.63, 3.8) is 0 Å². The molecule has 0 saturated heterocycles. The molecular formula is C9H13FN2O5S. The summed E-state index contributed by atoms with van der Waals surface area (Å²) < 4.78 is 44.1. The number of nitrogen functional groups attached to an aromatic ring is 1. The van der Waals surface area contributed by atoms with Gasteiger partial charge in [-0.05, 0) is 12.1 Å². The van der Waals surface area contributed by atoms with Crippen LogP contribution in [0.3, 0.4) is 0 Å². The minimum atomic E-state index is -5.17. The summed E-state index contributed by atoms with van der Waals surface area (Å²) in [5.41, 5.74) is 5.92. The summed E-state index contributed by atoms with van der Waals surface area (Å²) >= 11 is 0. The summed E-state index contributed by atoms with van der Waals surface area (Å²) in [5, 5.41) is 7.26. The van der Waals surface area contributed by atoms with Crippen molar-refractivity contribution in [2.45, 2.75) is 0 Å². The van der Waals surface area contributed by atoms with Crippen LogP contribution in [0.2, 0.25) is 0 Å². The number of hydrogen-bond acceptors (Lipinski definition) is 5. The van der Waals surface area contributed by atoms with Crippen LogP contribution in [0, 0.1) is 5.41 Å². The van der Waals surface area contributed by atoms with Crippen LogP contribution in [0.5, 0.6) is 11.5 Å². The lowest BCUT2D eigenvalue weighted by Crippen LogP contribution is -2.12. The molecule has 0 saturated carbocycles. The molecule has 0 aliphatic heterocycles. The fourth-order valence-electron chi connectivity index (χ4n) is 1.02. The van der Waals surface area contributed by atoms with E-state index in [1.807, 2.05) is 0 Å². The smallest absolute Gasteiger partial charge is 0.435 e. The lowest BCUT2D eigenvalue weighted by atomic mass is 10.2. The zero-order valence-electron chi connectivity index (χ0n) is 9.68. The fraction of sp³-hybridized carbons (Fsp3) is 0.222. The Labute approximate surface area is 104 Å². The molecule has 0 fully saturated rings. The van der Waals surface area contributed by atoms with E-state index in [2.05, 4.69) is 0 Å². The molecule has 0 aliphatic rings. The zero-order chi connectivity index (χ0) is 14.3. The average molecular weight is 280 g/mol. The zero-order valence-corrected chi connectivity index (χ0v) is 10.5. The minimum Gasteiger partial charge on any atom is -0.497 e. The third-order valence-electron chi connectivity index (χ3n) is 1.70. The SMILES string of the molecule is COc1ccc(C(=N)N)c(OC)c1.O=S(=O)(O)F. The molecule has 1 aromatic carbocycles. The molecule has 4 N–H and O–H groups in total. The van der Waals surface area contributed by atoms with Crippen molar-refractivity contribution in [2.24, 2.45) is 5.73 Å². The number of rotatable bonds is 3. The molecule has 1 aromatic rings. The van der Waals surface area contributed by atoms with Crippen LogP contribution in [0.15, 0.2) is 18.2 Å². The Bertz CT molecular complexity index is 510. The quantitative estimate of drug-likeness (QED) is 0.325. The van der Waals surface area contributed by atoms with Gasteiger partial charge >= 0.3 is 10.5 Å². The second-order valence-corrected chi connectivity index (χ2v) is 3.72. The fourth-order valence-corrected chi connectivity index (χ4v) is 1.02. The first-order valence-corrected chi connectivity index (χ1v) is 5.76. The molecule has 0 amide bonds. The Morgan fingerprint density at radius 1 is 1.39 bits per heavy atom. The highest BCUT2D eigenvalue weighted by Gasteiger charge is 2.06. The number of nitrogens with one attached hydrogen (secondary N) is 1. The first-order valence-electron chi connectivity index (χ1n) is 4.42. The predicted octanol–water partition coefficient (Wildman–Crippen LogP) is 0.747. The molecule has 7 nitrogen and oxygen atoms in total. The second kappa shape index (κ2) is 6.77. The summed E-state index contributed by atoms with van der Waals surface area (Å²) in [6.45, 7) is 0. The van der Waals surface area contributed by atoms with Gasteiger partial charge in [0.15, 0.2) is 0 Å². The molecule has 9 heteroatoms. The van der Waals surface area contributed by atoms with E-state index in [1.165, 1.54) is 7.11 Å².